The van der Waals surface area contributed by atoms with Gasteiger partial charge < -0.3 is 5.73 Å². The lowest BCUT2D eigenvalue weighted by Crippen LogP contribution is -2.28. The Morgan fingerprint density at radius 3 is 2.50 bits per heavy atom. The van der Waals surface area contributed by atoms with Gasteiger partial charge in [-0.3, -0.25) is 9.48 Å². The van der Waals surface area contributed by atoms with E-state index in [0.29, 0.717) is 11.6 Å². The number of anilines is 1. The lowest BCUT2D eigenvalue weighted by atomic mass is 10.2. The highest BCUT2D eigenvalue weighted by Crippen LogP contribution is 2.39. The lowest BCUT2D eigenvalue weighted by Gasteiger charge is -2.19. The number of hydrogen-bond acceptors (Lipinski definition) is 2. The Labute approximate surface area is 109 Å². The molecule has 4 heteroatoms. The fourth-order valence-electron chi connectivity index (χ4n) is 2.76. The SMILES string of the molecule is CCCc1c(N)c(=O)n(C(C)C2CC2)n1CCC. The summed E-state index contributed by atoms with van der Waals surface area (Å²) in [6.45, 7) is 7.31. The summed E-state index contributed by atoms with van der Waals surface area (Å²) in [5.41, 5.74) is 7.55. The molecule has 0 amide bonds. The van der Waals surface area contributed by atoms with E-state index >= 15 is 0 Å². The van der Waals surface area contributed by atoms with Gasteiger partial charge in [0.05, 0.1) is 11.7 Å². The van der Waals surface area contributed by atoms with E-state index in [1.807, 2.05) is 4.68 Å². The largest absolute Gasteiger partial charge is 0.393 e. The third kappa shape index (κ3) is 2.20. The van der Waals surface area contributed by atoms with E-state index in [0.717, 1.165) is 31.5 Å². The van der Waals surface area contributed by atoms with Crippen LogP contribution in [0.1, 0.15) is 58.2 Å². The van der Waals surface area contributed by atoms with Crippen LogP contribution in [-0.4, -0.2) is 9.36 Å². The Hall–Kier alpha value is -1.19. The molecule has 1 unspecified atom stereocenters. The molecule has 0 spiro atoms. The molecule has 0 aliphatic heterocycles. The molecule has 1 fully saturated rings. The van der Waals surface area contributed by atoms with E-state index < -0.39 is 0 Å². The molecule has 2 N–H and O–H groups in total. The molecule has 0 radical (unpaired) electrons. The highest BCUT2D eigenvalue weighted by Gasteiger charge is 2.32. The minimum absolute atomic E-state index is 0.0197. The first-order chi connectivity index (χ1) is 8.61. The molecule has 1 saturated carbocycles. The summed E-state index contributed by atoms with van der Waals surface area (Å²) in [7, 11) is 0. The van der Waals surface area contributed by atoms with Crippen molar-refractivity contribution in [3.8, 4) is 0 Å². The van der Waals surface area contributed by atoms with Crippen molar-refractivity contribution >= 4 is 5.69 Å². The minimum atomic E-state index is 0.0197. The van der Waals surface area contributed by atoms with Crippen molar-refractivity contribution in [1.29, 1.82) is 0 Å². The number of nitrogens with zero attached hydrogens (tertiary/aromatic N) is 2. The zero-order valence-corrected chi connectivity index (χ0v) is 11.8. The maximum Gasteiger partial charge on any atom is 0.290 e. The van der Waals surface area contributed by atoms with Crippen molar-refractivity contribution in [1.82, 2.24) is 9.36 Å². The van der Waals surface area contributed by atoms with Gasteiger partial charge in [-0.25, -0.2) is 4.68 Å². The molecule has 4 nitrogen and oxygen atoms in total. The van der Waals surface area contributed by atoms with Crippen molar-refractivity contribution in [2.45, 2.75) is 65.5 Å². The quantitative estimate of drug-likeness (QED) is 0.844. The monoisotopic (exact) mass is 251 g/mol. The molecule has 1 aliphatic rings. The Morgan fingerprint density at radius 2 is 2.00 bits per heavy atom. The second-order valence-electron chi connectivity index (χ2n) is 5.46. The molecule has 102 valence electrons. The average Bonchev–Trinajstić information content (AvgIpc) is 3.15. The second kappa shape index (κ2) is 5.21. The Morgan fingerprint density at radius 1 is 1.33 bits per heavy atom. The van der Waals surface area contributed by atoms with Crippen molar-refractivity contribution in [2.75, 3.05) is 5.73 Å². The molecule has 1 heterocycles. The van der Waals surface area contributed by atoms with E-state index in [4.69, 9.17) is 5.73 Å². The third-order valence-corrected chi connectivity index (χ3v) is 3.93. The topological polar surface area (TPSA) is 53.0 Å². The van der Waals surface area contributed by atoms with Gasteiger partial charge in [-0.15, -0.1) is 0 Å². The van der Waals surface area contributed by atoms with Gasteiger partial charge >= 0.3 is 0 Å². The molecule has 1 aromatic rings. The summed E-state index contributed by atoms with van der Waals surface area (Å²) in [5.74, 6) is 0.669. The zero-order chi connectivity index (χ0) is 13.3. The summed E-state index contributed by atoms with van der Waals surface area (Å²) in [5, 5.41) is 0. The number of hydrogen-bond donors (Lipinski definition) is 1. The van der Waals surface area contributed by atoms with Crippen LogP contribution in [0.5, 0.6) is 0 Å². The van der Waals surface area contributed by atoms with Crippen LogP contribution in [0.2, 0.25) is 0 Å². The number of aromatic nitrogens is 2. The predicted molar refractivity (Wildman–Crippen MR) is 74.8 cm³/mol. The van der Waals surface area contributed by atoms with Crippen LogP contribution in [0.25, 0.3) is 0 Å². The lowest BCUT2D eigenvalue weighted by molar-refractivity contribution is 0.340. The van der Waals surface area contributed by atoms with E-state index in [9.17, 15) is 4.79 Å². The molecule has 2 rings (SSSR count). The van der Waals surface area contributed by atoms with Gasteiger partial charge in [-0.1, -0.05) is 20.3 Å². The molecule has 0 saturated heterocycles. The highest BCUT2D eigenvalue weighted by atomic mass is 16.1. The zero-order valence-electron chi connectivity index (χ0n) is 11.8. The normalized spacial score (nSPS) is 17.1. The fourth-order valence-corrected chi connectivity index (χ4v) is 2.76. The molecule has 1 atom stereocenters. The van der Waals surface area contributed by atoms with Gasteiger partial charge in [0, 0.05) is 6.54 Å². The van der Waals surface area contributed by atoms with Gasteiger partial charge in [0.15, 0.2) is 0 Å². The second-order valence-corrected chi connectivity index (χ2v) is 5.46. The molecule has 0 aromatic carbocycles. The Balaban J connectivity index is 2.48. The van der Waals surface area contributed by atoms with Crippen molar-refractivity contribution < 1.29 is 0 Å². The van der Waals surface area contributed by atoms with Crippen molar-refractivity contribution in [3.05, 3.63) is 16.0 Å². The Bertz CT molecular complexity index is 468. The Kier molecular flexibility index (Phi) is 3.83. The van der Waals surface area contributed by atoms with Gasteiger partial charge in [-0.2, -0.15) is 0 Å². The van der Waals surface area contributed by atoms with E-state index in [1.165, 1.54) is 12.8 Å². The molecule has 18 heavy (non-hydrogen) atoms. The van der Waals surface area contributed by atoms with Gasteiger partial charge in [-0.05, 0) is 38.5 Å². The van der Waals surface area contributed by atoms with Gasteiger partial charge in [0.2, 0.25) is 0 Å². The van der Waals surface area contributed by atoms with E-state index in [-0.39, 0.29) is 11.6 Å². The van der Waals surface area contributed by atoms with Crippen molar-refractivity contribution in [2.24, 2.45) is 5.92 Å². The first-order valence-corrected chi connectivity index (χ1v) is 7.21. The van der Waals surface area contributed by atoms with Crippen LogP contribution >= 0.6 is 0 Å². The van der Waals surface area contributed by atoms with Crippen LogP contribution in [0.15, 0.2) is 4.79 Å². The van der Waals surface area contributed by atoms with Gasteiger partial charge in [0.25, 0.3) is 5.56 Å². The predicted octanol–water partition coefficient (Wildman–Crippen LogP) is 2.57. The molecular weight excluding hydrogens is 226 g/mol. The highest BCUT2D eigenvalue weighted by molar-refractivity contribution is 5.42. The van der Waals surface area contributed by atoms with Crippen LogP contribution in [0.3, 0.4) is 0 Å². The maximum atomic E-state index is 12.4. The summed E-state index contributed by atoms with van der Waals surface area (Å²) >= 11 is 0. The van der Waals surface area contributed by atoms with Crippen LogP contribution in [-0.2, 0) is 13.0 Å². The average molecular weight is 251 g/mol. The molecule has 0 bridgehead atoms. The van der Waals surface area contributed by atoms with E-state index in [2.05, 4.69) is 25.5 Å². The summed E-state index contributed by atoms with van der Waals surface area (Å²) in [6, 6.07) is 0.289. The number of nitrogens with two attached hydrogens (primary N) is 1. The summed E-state index contributed by atoms with van der Waals surface area (Å²) in [4.78, 5) is 12.4. The first-order valence-electron chi connectivity index (χ1n) is 7.21. The molecule has 1 aromatic heterocycles. The number of rotatable bonds is 6. The molecule has 1 aliphatic carbocycles. The van der Waals surface area contributed by atoms with Crippen LogP contribution in [0, 0.1) is 5.92 Å². The standard InChI is InChI=1S/C14H25N3O/c1-4-6-12-13(15)14(18)17(16(12)9-5-2)10(3)11-7-8-11/h10-11H,4-9,15H2,1-3H3. The van der Waals surface area contributed by atoms with Crippen molar-refractivity contribution in [3.63, 3.8) is 0 Å². The third-order valence-electron chi connectivity index (χ3n) is 3.93. The summed E-state index contributed by atoms with van der Waals surface area (Å²) in [6.07, 6.45) is 5.43. The van der Waals surface area contributed by atoms with E-state index in [1.54, 1.807) is 0 Å². The maximum absolute atomic E-state index is 12.4. The fraction of sp³-hybridized carbons (Fsp3) is 0.786. The molecular formula is C14H25N3O. The number of nitrogen functional groups attached to an aromatic ring is 1. The smallest absolute Gasteiger partial charge is 0.290 e. The first kappa shape index (κ1) is 13.2. The van der Waals surface area contributed by atoms with Crippen LogP contribution < -0.4 is 11.3 Å². The van der Waals surface area contributed by atoms with Crippen LogP contribution in [0.4, 0.5) is 5.69 Å². The van der Waals surface area contributed by atoms with Gasteiger partial charge in [0.1, 0.15) is 5.69 Å². The summed E-state index contributed by atoms with van der Waals surface area (Å²) < 4.78 is 4.06. The minimum Gasteiger partial charge on any atom is -0.393 e.